The van der Waals surface area contributed by atoms with Crippen molar-refractivity contribution >= 4 is 25.7 Å². The lowest BCUT2D eigenvalue weighted by molar-refractivity contribution is -0.147. The first kappa shape index (κ1) is 9.76. The predicted molar refractivity (Wildman–Crippen MR) is 40.6 cm³/mol. The van der Waals surface area contributed by atoms with E-state index >= 15 is 0 Å². The van der Waals surface area contributed by atoms with Gasteiger partial charge in [0.1, 0.15) is 5.25 Å². The van der Waals surface area contributed by atoms with Crippen molar-refractivity contribution in [2.24, 2.45) is 0 Å². The van der Waals surface area contributed by atoms with Crippen LogP contribution in [0.1, 0.15) is 6.42 Å². The molecule has 1 saturated heterocycles. The smallest absolute Gasteiger partial charge is 0.332 e. The minimum atomic E-state index is -3.69. The third-order valence-electron chi connectivity index (χ3n) is 1.63. The van der Waals surface area contributed by atoms with Crippen molar-refractivity contribution in [1.82, 2.24) is 0 Å². The van der Waals surface area contributed by atoms with Crippen LogP contribution in [0.25, 0.3) is 0 Å². The van der Waals surface area contributed by atoms with E-state index < -0.39 is 26.4 Å². The molecule has 1 fully saturated rings. The summed E-state index contributed by atoms with van der Waals surface area (Å²) in [5.41, 5.74) is 0. The van der Waals surface area contributed by atoms with E-state index in [9.17, 15) is 13.2 Å². The van der Waals surface area contributed by atoms with Gasteiger partial charge >= 0.3 is 5.97 Å². The molecule has 2 unspecified atom stereocenters. The molecule has 12 heavy (non-hydrogen) atoms. The molecule has 1 aliphatic heterocycles. The topological polar surface area (TPSA) is 80.7 Å². The third kappa shape index (κ3) is 2.09. The van der Waals surface area contributed by atoms with Crippen LogP contribution >= 0.6 is 10.7 Å². The monoisotopic (exact) mass is 214 g/mol. The van der Waals surface area contributed by atoms with Crippen molar-refractivity contribution in [2.75, 3.05) is 6.61 Å². The van der Waals surface area contributed by atoms with Crippen LogP contribution in [0.4, 0.5) is 0 Å². The molecule has 7 heteroatoms. The summed E-state index contributed by atoms with van der Waals surface area (Å²) in [5.74, 6) is -1.15. The molecule has 0 amide bonds. The highest BCUT2D eigenvalue weighted by molar-refractivity contribution is 8.14. The first-order chi connectivity index (χ1) is 5.41. The van der Waals surface area contributed by atoms with Gasteiger partial charge in [-0.05, 0) is 0 Å². The van der Waals surface area contributed by atoms with Gasteiger partial charge in [0.15, 0.2) is 6.10 Å². The van der Waals surface area contributed by atoms with Gasteiger partial charge in [0.2, 0.25) is 9.05 Å². The fourth-order valence-electron chi connectivity index (χ4n) is 0.967. The summed E-state index contributed by atoms with van der Waals surface area (Å²) >= 11 is 0. The van der Waals surface area contributed by atoms with Gasteiger partial charge in [-0.2, -0.15) is 0 Å². The summed E-state index contributed by atoms with van der Waals surface area (Å²) in [5, 5.41) is 7.55. The number of carbonyl (C=O) groups is 1. The fourth-order valence-corrected chi connectivity index (χ4v) is 1.98. The van der Waals surface area contributed by atoms with Crippen molar-refractivity contribution in [3.05, 3.63) is 0 Å². The molecule has 5 nitrogen and oxygen atoms in total. The van der Waals surface area contributed by atoms with Crippen molar-refractivity contribution < 1.29 is 23.1 Å². The van der Waals surface area contributed by atoms with E-state index in [2.05, 4.69) is 0 Å². The molecule has 1 heterocycles. The number of carboxylic acids is 1. The minimum Gasteiger partial charge on any atom is -0.479 e. The number of hydrogen-bond donors (Lipinski definition) is 1. The van der Waals surface area contributed by atoms with Crippen LogP contribution in [0.3, 0.4) is 0 Å². The van der Waals surface area contributed by atoms with Gasteiger partial charge in [-0.1, -0.05) is 0 Å². The van der Waals surface area contributed by atoms with Crippen LogP contribution in [0.5, 0.6) is 0 Å². The second-order valence-electron chi connectivity index (χ2n) is 2.49. The minimum absolute atomic E-state index is 0.0683. The first-order valence-electron chi connectivity index (χ1n) is 3.19. The zero-order chi connectivity index (χ0) is 9.35. The molecular formula is C5H7ClO5S. The maximum atomic E-state index is 10.7. The summed E-state index contributed by atoms with van der Waals surface area (Å²) in [6.45, 7) is -0.136. The van der Waals surface area contributed by atoms with Gasteiger partial charge in [0, 0.05) is 17.1 Å². The molecule has 0 saturated carbocycles. The Kier molecular flexibility index (Phi) is 2.60. The lowest BCUT2D eigenvalue weighted by Crippen LogP contribution is -2.20. The molecule has 1 rings (SSSR count). The lowest BCUT2D eigenvalue weighted by atomic mass is 10.2. The second-order valence-corrected chi connectivity index (χ2v) is 5.40. The summed E-state index contributed by atoms with van der Waals surface area (Å²) in [6, 6.07) is 0. The highest BCUT2D eigenvalue weighted by Gasteiger charge is 2.37. The maximum absolute atomic E-state index is 10.7. The number of ether oxygens (including phenoxy) is 1. The largest absolute Gasteiger partial charge is 0.479 e. The van der Waals surface area contributed by atoms with E-state index in [1.54, 1.807) is 0 Å². The van der Waals surface area contributed by atoms with Gasteiger partial charge in [-0.3, -0.25) is 0 Å². The van der Waals surface area contributed by atoms with Crippen molar-refractivity contribution in [3.63, 3.8) is 0 Å². The average molecular weight is 215 g/mol. The molecule has 0 aromatic carbocycles. The molecule has 0 spiro atoms. The van der Waals surface area contributed by atoms with Crippen molar-refractivity contribution in [2.45, 2.75) is 17.8 Å². The normalized spacial score (nSPS) is 30.4. The lowest BCUT2D eigenvalue weighted by Gasteiger charge is -2.00. The Hall–Kier alpha value is -0.330. The molecule has 1 N–H and O–H groups in total. The van der Waals surface area contributed by atoms with Crippen LogP contribution in [-0.4, -0.2) is 37.5 Å². The zero-order valence-corrected chi connectivity index (χ0v) is 7.51. The van der Waals surface area contributed by atoms with E-state index in [-0.39, 0.29) is 13.0 Å². The van der Waals surface area contributed by atoms with Gasteiger partial charge in [0.25, 0.3) is 0 Å². The van der Waals surface area contributed by atoms with Gasteiger partial charge < -0.3 is 9.84 Å². The third-order valence-corrected chi connectivity index (χ3v) is 3.51. The molecule has 70 valence electrons. The second kappa shape index (κ2) is 3.20. The van der Waals surface area contributed by atoms with E-state index in [0.717, 1.165) is 0 Å². The number of rotatable bonds is 2. The maximum Gasteiger partial charge on any atom is 0.332 e. The van der Waals surface area contributed by atoms with Gasteiger partial charge in [-0.15, -0.1) is 0 Å². The molecule has 1 aliphatic rings. The van der Waals surface area contributed by atoms with Crippen LogP contribution < -0.4 is 0 Å². The van der Waals surface area contributed by atoms with E-state index in [1.165, 1.54) is 0 Å². The van der Waals surface area contributed by atoms with E-state index in [1.807, 2.05) is 0 Å². The summed E-state index contributed by atoms with van der Waals surface area (Å²) in [7, 11) is 1.32. The van der Waals surface area contributed by atoms with Crippen molar-refractivity contribution in [3.8, 4) is 0 Å². The highest BCUT2D eigenvalue weighted by atomic mass is 35.7. The Labute approximate surface area is 73.7 Å². The Bertz CT molecular complexity index is 284. The summed E-state index contributed by atoms with van der Waals surface area (Å²) < 4.78 is 26.1. The van der Waals surface area contributed by atoms with Crippen LogP contribution in [-0.2, 0) is 18.6 Å². The van der Waals surface area contributed by atoms with E-state index in [4.69, 9.17) is 20.5 Å². The number of aliphatic carboxylic acids is 1. The quantitative estimate of drug-likeness (QED) is 0.644. The van der Waals surface area contributed by atoms with Crippen LogP contribution in [0.15, 0.2) is 0 Å². The van der Waals surface area contributed by atoms with Crippen LogP contribution in [0.2, 0.25) is 0 Å². The molecule has 0 aromatic rings. The molecule has 0 bridgehead atoms. The SMILES string of the molecule is O=C(O)C1CC(S(=O)(=O)Cl)CO1. The Balaban J connectivity index is 2.64. The molecule has 0 aliphatic carbocycles. The Morgan fingerprint density at radius 3 is 2.42 bits per heavy atom. The first-order valence-corrected chi connectivity index (χ1v) is 5.56. The van der Waals surface area contributed by atoms with Crippen LogP contribution in [0, 0.1) is 0 Å². The molecular weight excluding hydrogens is 208 g/mol. The fraction of sp³-hybridized carbons (Fsp3) is 0.800. The van der Waals surface area contributed by atoms with Gasteiger partial charge in [-0.25, -0.2) is 13.2 Å². The summed E-state index contributed by atoms with van der Waals surface area (Å²) in [4.78, 5) is 10.3. The number of carboxylic acid groups (broad SMARTS) is 1. The Morgan fingerprint density at radius 2 is 2.17 bits per heavy atom. The van der Waals surface area contributed by atoms with Crippen molar-refractivity contribution in [1.29, 1.82) is 0 Å². The molecule has 2 atom stereocenters. The predicted octanol–water partition coefficient (Wildman–Crippen LogP) is -0.203. The zero-order valence-electron chi connectivity index (χ0n) is 5.94. The standard InChI is InChI=1S/C5H7ClO5S/c6-12(9,10)3-1-4(5(7)8)11-2-3/h3-4H,1-2H2,(H,7,8). The highest BCUT2D eigenvalue weighted by Crippen LogP contribution is 2.22. The van der Waals surface area contributed by atoms with E-state index in [0.29, 0.717) is 0 Å². The molecule has 0 aromatic heterocycles. The average Bonchev–Trinajstić information content (AvgIpc) is 2.30. The molecule has 0 radical (unpaired) electrons. The summed E-state index contributed by atoms with van der Waals surface area (Å²) in [6.07, 6.45) is -1.11. The van der Waals surface area contributed by atoms with Gasteiger partial charge in [0.05, 0.1) is 6.61 Å². The number of hydrogen-bond acceptors (Lipinski definition) is 4. The Morgan fingerprint density at radius 1 is 1.58 bits per heavy atom. The number of halogens is 1.